The topological polar surface area (TPSA) is 76.9 Å². The van der Waals surface area contributed by atoms with Crippen LogP contribution in [0.4, 0.5) is 0 Å². The monoisotopic (exact) mass is 386 g/mol. The fourth-order valence-electron chi connectivity index (χ4n) is 4.86. The molecule has 1 amide bonds. The molecule has 144 valence electrons. The summed E-state index contributed by atoms with van der Waals surface area (Å²) in [4.78, 5) is 33.8. The number of hydrogen-bond acceptors (Lipinski definition) is 5. The molecule has 2 bridgehead atoms. The van der Waals surface area contributed by atoms with Crippen LogP contribution in [0.15, 0.2) is 28.3 Å². The maximum Gasteiger partial charge on any atom is 0.263 e. The van der Waals surface area contributed by atoms with Crippen LogP contribution in [0.2, 0.25) is 0 Å². The summed E-state index contributed by atoms with van der Waals surface area (Å²) in [5.41, 5.74) is 0.333. The molecule has 0 unspecified atom stereocenters. The maximum atomic E-state index is 12.6. The molecule has 2 aliphatic carbocycles. The number of thioether (sulfide) groups is 1. The summed E-state index contributed by atoms with van der Waals surface area (Å²) in [6.45, 7) is 4.56. The summed E-state index contributed by atoms with van der Waals surface area (Å²) in [6.07, 6.45) is 6.92. The summed E-state index contributed by atoms with van der Waals surface area (Å²) >= 11 is 1.31. The first-order valence-electron chi connectivity index (χ1n) is 9.84. The average Bonchev–Trinajstić information content (AvgIpc) is 3.30. The molecular weight excluding hydrogens is 360 g/mol. The van der Waals surface area contributed by atoms with Gasteiger partial charge >= 0.3 is 0 Å². The maximum absolute atomic E-state index is 12.6. The average molecular weight is 387 g/mol. The molecule has 2 aromatic rings. The Labute approximate surface area is 163 Å². The van der Waals surface area contributed by atoms with Gasteiger partial charge in [-0.05, 0) is 63.0 Å². The molecule has 0 radical (unpaired) electrons. The van der Waals surface area contributed by atoms with Crippen molar-refractivity contribution in [2.45, 2.75) is 57.3 Å². The second-order valence-corrected chi connectivity index (χ2v) is 8.74. The second kappa shape index (κ2) is 7.62. The van der Waals surface area contributed by atoms with Gasteiger partial charge in [0.1, 0.15) is 0 Å². The first-order valence-corrected chi connectivity index (χ1v) is 10.8. The Balaban J connectivity index is 1.42. The van der Waals surface area contributed by atoms with Crippen LogP contribution in [0, 0.1) is 17.8 Å². The van der Waals surface area contributed by atoms with Crippen molar-refractivity contribution >= 4 is 28.7 Å². The zero-order chi connectivity index (χ0) is 19.0. The van der Waals surface area contributed by atoms with E-state index in [1.54, 1.807) is 22.9 Å². The van der Waals surface area contributed by atoms with Crippen molar-refractivity contribution in [2.24, 2.45) is 17.8 Å². The molecule has 0 saturated heterocycles. The van der Waals surface area contributed by atoms with Crippen LogP contribution < -0.4 is 10.9 Å². The molecule has 4 atom stereocenters. The Morgan fingerprint density at radius 3 is 2.96 bits per heavy atom. The van der Waals surface area contributed by atoms with Gasteiger partial charge in [0.15, 0.2) is 10.8 Å². The number of fused-ring (bicyclic) bond motifs is 3. The van der Waals surface area contributed by atoms with E-state index >= 15 is 0 Å². The van der Waals surface area contributed by atoms with Crippen molar-refractivity contribution in [1.29, 1.82) is 0 Å². The van der Waals surface area contributed by atoms with Crippen LogP contribution in [-0.2, 0) is 11.3 Å². The van der Waals surface area contributed by atoms with Crippen molar-refractivity contribution < 1.29 is 4.79 Å². The highest BCUT2D eigenvalue weighted by molar-refractivity contribution is 7.99. The Hall–Kier alpha value is -1.89. The Morgan fingerprint density at radius 1 is 1.41 bits per heavy atom. The lowest BCUT2D eigenvalue weighted by Crippen LogP contribution is -2.41. The summed E-state index contributed by atoms with van der Waals surface area (Å²) in [6, 6.07) is 3.69. The number of pyridine rings is 1. The van der Waals surface area contributed by atoms with E-state index in [4.69, 9.17) is 0 Å². The lowest BCUT2D eigenvalue weighted by molar-refractivity contribution is -0.119. The molecule has 7 heteroatoms. The minimum Gasteiger partial charge on any atom is -0.353 e. The zero-order valence-corrected chi connectivity index (χ0v) is 16.7. The lowest BCUT2D eigenvalue weighted by Gasteiger charge is -2.28. The van der Waals surface area contributed by atoms with Crippen LogP contribution >= 0.6 is 11.8 Å². The molecule has 0 aliphatic heterocycles. The Morgan fingerprint density at radius 2 is 2.26 bits per heavy atom. The molecule has 1 N–H and O–H groups in total. The molecule has 0 spiro atoms. The van der Waals surface area contributed by atoms with E-state index in [0.717, 1.165) is 11.8 Å². The highest BCUT2D eigenvalue weighted by Crippen LogP contribution is 2.49. The second-order valence-electron chi connectivity index (χ2n) is 7.80. The number of carbonyl (C=O) groups excluding carboxylic acids is 1. The predicted octanol–water partition coefficient (Wildman–Crippen LogP) is 2.84. The molecule has 2 aliphatic rings. The first kappa shape index (κ1) is 18.5. The Kier molecular flexibility index (Phi) is 5.21. The molecular formula is C20H26N4O2S. The van der Waals surface area contributed by atoms with Gasteiger partial charge in [0.05, 0.1) is 11.1 Å². The minimum absolute atomic E-state index is 0.00768. The van der Waals surface area contributed by atoms with Gasteiger partial charge in [-0.2, -0.15) is 0 Å². The van der Waals surface area contributed by atoms with E-state index in [-0.39, 0.29) is 23.3 Å². The highest BCUT2D eigenvalue weighted by Gasteiger charge is 2.42. The molecule has 2 fully saturated rings. The SMILES string of the molecule is CCn1c(SCC(=O)N[C@@H](C)[C@@H]2C[C@H]3CC[C@H]2C3)nc2ncccc2c1=O. The number of nitrogens with zero attached hydrogens (tertiary/aromatic N) is 3. The number of aromatic nitrogens is 3. The summed E-state index contributed by atoms with van der Waals surface area (Å²) in [7, 11) is 0. The van der Waals surface area contributed by atoms with Gasteiger partial charge in [-0.25, -0.2) is 9.97 Å². The van der Waals surface area contributed by atoms with Gasteiger partial charge in [-0.1, -0.05) is 18.2 Å². The quantitative estimate of drug-likeness (QED) is 0.610. The standard InChI is InChI=1S/C20H26N4O2S/c1-3-24-19(26)15-5-4-8-21-18(15)23-20(24)27-11-17(25)22-12(2)16-10-13-6-7-14(16)9-13/h4-5,8,12-14,16H,3,6-7,9-11H2,1-2H3,(H,22,25)/t12-,13-,14-,16-/m0/s1. The van der Waals surface area contributed by atoms with Crippen molar-refractivity contribution in [1.82, 2.24) is 19.9 Å². The van der Waals surface area contributed by atoms with Crippen LogP contribution in [0.5, 0.6) is 0 Å². The molecule has 0 aromatic carbocycles. The van der Waals surface area contributed by atoms with Gasteiger partial charge in [0, 0.05) is 18.8 Å². The number of hydrogen-bond donors (Lipinski definition) is 1. The third-order valence-corrected chi connectivity index (χ3v) is 7.14. The van der Waals surface area contributed by atoms with Crippen molar-refractivity contribution in [2.75, 3.05) is 5.75 Å². The van der Waals surface area contributed by atoms with Crippen LogP contribution in [-0.4, -0.2) is 32.2 Å². The molecule has 4 rings (SSSR count). The van der Waals surface area contributed by atoms with E-state index in [1.165, 1.54) is 37.4 Å². The van der Waals surface area contributed by atoms with E-state index in [1.807, 2.05) is 6.92 Å². The number of rotatable bonds is 6. The van der Waals surface area contributed by atoms with Gasteiger partial charge in [-0.15, -0.1) is 0 Å². The van der Waals surface area contributed by atoms with Crippen LogP contribution in [0.1, 0.15) is 39.5 Å². The van der Waals surface area contributed by atoms with Crippen LogP contribution in [0.3, 0.4) is 0 Å². The van der Waals surface area contributed by atoms with Crippen LogP contribution in [0.25, 0.3) is 11.0 Å². The molecule has 2 aromatic heterocycles. The molecule has 6 nitrogen and oxygen atoms in total. The first-order chi connectivity index (χ1) is 13.1. The summed E-state index contributed by atoms with van der Waals surface area (Å²) in [5, 5.41) is 4.24. The largest absolute Gasteiger partial charge is 0.353 e. The van der Waals surface area contributed by atoms with E-state index in [2.05, 4.69) is 22.2 Å². The van der Waals surface area contributed by atoms with Gasteiger partial charge in [0.25, 0.3) is 5.56 Å². The smallest absolute Gasteiger partial charge is 0.263 e. The minimum atomic E-state index is -0.103. The highest BCUT2D eigenvalue weighted by atomic mass is 32.2. The van der Waals surface area contributed by atoms with E-state index in [0.29, 0.717) is 28.7 Å². The molecule has 27 heavy (non-hydrogen) atoms. The number of amides is 1. The normalized spacial score (nSPS) is 25.0. The summed E-state index contributed by atoms with van der Waals surface area (Å²) in [5.74, 6) is 2.55. The number of nitrogens with one attached hydrogen (secondary N) is 1. The third-order valence-electron chi connectivity index (χ3n) is 6.17. The van der Waals surface area contributed by atoms with Crippen molar-refractivity contribution in [3.63, 3.8) is 0 Å². The van der Waals surface area contributed by atoms with E-state index in [9.17, 15) is 9.59 Å². The van der Waals surface area contributed by atoms with Crippen molar-refractivity contribution in [3.05, 3.63) is 28.7 Å². The lowest BCUT2D eigenvalue weighted by atomic mass is 9.84. The molecule has 2 heterocycles. The van der Waals surface area contributed by atoms with Gasteiger partial charge in [0.2, 0.25) is 5.91 Å². The number of carbonyl (C=O) groups is 1. The zero-order valence-electron chi connectivity index (χ0n) is 15.9. The predicted molar refractivity (Wildman–Crippen MR) is 107 cm³/mol. The fourth-order valence-corrected chi connectivity index (χ4v) is 5.73. The van der Waals surface area contributed by atoms with Gasteiger partial charge < -0.3 is 5.32 Å². The Bertz CT molecular complexity index is 912. The fraction of sp³-hybridized carbons (Fsp3) is 0.600. The van der Waals surface area contributed by atoms with Gasteiger partial charge in [-0.3, -0.25) is 14.2 Å². The summed E-state index contributed by atoms with van der Waals surface area (Å²) < 4.78 is 1.61. The third kappa shape index (κ3) is 3.61. The van der Waals surface area contributed by atoms with E-state index < -0.39 is 0 Å². The molecule has 2 saturated carbocycles. The van der Waals surface area contributed by atoms with Crippen molar-refractivity contribution in [3.8, 4) is 0 Å².